The molecule has 3 heterocycles. The predicted octanol–water partition coefficient (Wildman–Crippen LogP) is 3.78. The molecule has 2 aromatic heterocycles. The number of hydrogen-bond acceptors (Lipinski definition) is 7. The lowest BCUT2D eigenvalue weighted by Crippen LogP contribution is -2.48. The van der Waals surface area contributed by atoms with Gasteiger partial charge in [-0.15, -0.1) is 0 Å². The smallest absolute Gasteiger partial charge is 0.248 e. The first kappa shape index (κ1) is 20.5. The van der Waals surface area contributed by atoms with Crippen LogP contribution in [0, 0.1) is 12.3 Å². The second kappa shape index (κ2) is 7.63. The van der Waals surface area contributed by atoms with E-state index in [0.29, 0.717) is 35.9 Å². The molecule has 0 radical (unpaired) electrons. The number of halogens is 2. The molecular weight excluding hydrogens is 408 g/mol. The van der Waals surface area contributed by atoms with Gasteiger partial charge in [-0.3, -0.25) is 4.79 Å². The Morgan fingerprint density at radius 3 is 2.42 bits per heavy atom. The van der Waals surface area contributed by atoms with Crippen LogP contribution in [0.1, 0.15) is 86.3 Å². The summed E-state index contributed by atoms with van der Waals surface area (Å²) >= 11 is 0. The molecule has 3 aliphatic rings. The molecule has 1 aliphatic heterocycles. The summed E-state index contributed by atoms with van der Waals surface area (Å²) in [5, 5.41) is 11.6. The second-order valence-corrected chi connectivity index (χ2v) is 9.58. The number of aromatic nitrogens is 4. The van der Waals surface area contributed by atoms with Gasteiger partial charge in [-0.25, -0.2) is 13.4 Å². The van der Waals surface area contributed by atoms with Crippen molar-refractivity contribution in [1.29, 1.82) is 0 Å². The standard InChI is InChI=1S/C21H27F2N5O3/c1-13-16(26-31-25-13)10-17(29)28-8-6-20(7-9-28)11-15(12-20)19-24-18(27-30-19)14-2-4-21(22,23)5-3-14/h14-15H,2-12H2,1H3. The fourth-order valence-electron chi connectivity index (χ4n) is 5.34. The molecule has 1 amide bonds. The average molecular weight is 435 g/mol. The highest BCUT2D eigenvalue weighted by molar-refractivity contribution is 5.78. The highest BCUT2D eigenvalue weighted by atomic mass is 19.3. The number of rotatable bonds is 4. The Morgan fingerprint density at radius 2 is 1.77 bits per heavy atom. The number of aryl methyl sites for hydroxylation is 1. The minimum atomic E-state index is -2.55. The number of alkyl halides is 2. The molecule has 168 valence electrons. The molecule has 31 heavy (non-hydrogen) atoms. The van der Waals surface area contributed by atoms with Crippen LogP contribution in [0.2, 0.25) is 0 Å². The van der Waals surface area contributed by atoms with Crippen LogP contribution in [-0.2, 0) is 11.2 Å². The molecular formula is C21H27F2N5O3. The fourth-order valence-corrected chi connectivity index (χ4v) is 5.34. The van der Waals surface area contributed by atoms with Crippen LogP contribution in [0.25, 0.3) is 0 Å². The second-order valence-electron chi connectivity index (χ2n) is 9.58. The molecule has 1 spiro atoms. The largest absolute Gasteiger partial charge is 0.342 e. The van der Waals surface area contributed by atoms with Gasteiger partial charge in [-0.1, -0.05) is 15.5 Å². The Labute approximate surface area is 178 Å². The van der Waals surface area contributed by atoms with Gasteiger partial charge in [-0.2, -0.15) is 4.98 Å². The number of hydrogen-bond donors (Lipinski definition) is 0. The minimum absolute atomic E-state index is 0.0241. The Bertz CT molecular complexity index is 932. The van der Waals surface area contributed by atoms with Crippen LogP contribution < -0.4 is 0 Å². The molecule has 3 fully saturated rings. The summed E-state index contributed by atoms with van der Waals surface area (Å²) in [6, 6.07) is 0. The van der Waals surface area contributed by atoms with Gasteiger partial charge < -0.3 is 9.42 Å². The van der Waals surface area contributed by atoms with Crippen LogP contribution in [0.3, 0.4) is 0 Å². The van der Waals surface area contributed by atoms with Crippen LogP contribution in [0.15, 0.2) is 9.15 Å². The highest BCUT2D eigenvalue weighted by Crippen LogP contribution is 2.56. The number of piperidine rings is 1. The Morgan fingerprint density at radius 1 is 1.06 bits per heavy atom. The molecule has 1 saturated heterocycles. The molecule has 0 bridgehead atoms. The molecule has 0 unspecified atom stereocenters. The zero-order valence-electron chi connectivity index (χ0n) is 17.6. The lowest BCUT2D eigenvalue weighted by Gasteiger charge is -2.51. The van der Waals surface area contributed by atoms with Crippen molar-refractivity contribution in [2.24, 2.45) is 5.41 Å². The lowest BCUT2D eigenvalue weighted by molar-refractivity contribution is -0.134. The van der Waals surface area contributed by atoms with E-state index in [1.807, 2.05) is 4.90 Å². The first-order valence-corrected chi connectivity index (χ1v) is 11.1. The molecule has 5 rings (SSSR count). The van der Waals surface area contributed by atoms with Gasteiger partial charge in [0.05, 0.1) is 6.42 Å². The van der Waals surface area contributed by atoms with Crippen molar-refractivity contribution in [3.8, 4) is 0 Å². The van der Waals surface area contributed by atoms with E-state index in [-0.39, 0.29) is 42.4 Å². The quantitative estimate of drug-likeness (QED) is 0.721. The van der Waals surface area contributed by atoms with Gasteiger partial charge in [0.25, 0.3) is 0 Å². The molecule has 2 aliphatic carbocycles. The van der Waals surface area contributed by atoms with Crippen molar-refractivity contribution in [2.75, 3.05) is 13.1 Å². The Kier molecular flexibility index (Phi) is 5.05. The van der Waals surface area contributed by atoms with Crippen molar-refractivity contribution in [1.82, 2.24) is 25.4 Å². The minimum Gasteiger partial charge on any atom is -0.342 e. The molecule has 2 saturated carbocycles. The van der Waals surface area contributed by atoms with Gasteiger partial charge in [0.1, 0.15) is 11.4 Å². The number of likely N-dealkylation sites (tertiary alicyclic amines) is 1. The maximum Gasteiger partial charge on any atom is 0.248 e. The Balaban J connectivity index is 1.11. The van der Waals surface area contributed by atoms with Crippen LogP contribution in [0.4, 0.5) is 8.78 Å². The van der Waals surface area contributed by atoms with Crippen molar-refractivity contribution in [3.05, 3.63) is 23.1 Å². The van der Waals surface area contributed by atoms with Gasteiger partial charge in [0.15, 0.2) is 5.82 Å². The normalized spacial score (nSPS) is 23.8. The molecule has 2 aromatic rings. The first-order valence-electron chi connectivity index (χ1n) is 11.1. The van der Waals surface area contributed by atoms with Gasteiger partial charge >= 0.3 is 0 Å². The summed E-state index contributed by atoms with van der Waals surface area (Å²) in [4.78, 5) is 19.0. The summed E-state index contributed by atoms with van der Waals surface area (Å²) in [5.74, 6) is -1.05. The molecule has 0 atom stereocenters. The van der Waals surface area contributed by atoms with E-state index in [1.165, 1.54) is 0 Å². The third-order valence-electron chi connectivity index (χ3n) is 7.49. The number of nitrogens with zero attached hydrogens (tertiary/aromatic N) is 5. The average Bonchev–Trinajstić information content (AvgIpc) is 3.36. The van der Waals surface area contributed by atoms with Gasteiger partial charge in [0, 0.05) is 37.8 Å². The third kappa shape index (κ3) is 4.08. The monoisotopic (exact) mass is 435 g/mol. The van der Waals surface area contributed by atoms with Gasteiger partial charge in [-0.05, 0) is 50.9 Å². The highest BCUT2D eigenvalue weighted by Gasteiger charge is 2.49. The Hall–Kier alpha value is -2.39. The molecule has 10 heteroatoms. The van der Waals surface area contributed by atoms with E-state index in [9.17, 15) is 13.6 Å². The number of carbonyl (C=O) groups is 1. The van der Waals surface area contributed by atoms with Crippen LogP contribution in [0.5, 0.6) is 0 Å². The topological polar surface area (TPSA) is 98.2 Å². The van der Waals surface area contributed by atoms with E-state index >= 15 is 0 Å². The molecule has 8 nitrogen and oxygen atoms in total. The predicted molar refractivity (Wildman–Crippen MR) is 103 cm³/mol. The first-order chi connectivity index (χ1) is 14.8. The maximum absolute atomic E-state index is 13.4. The summed E-state index contributed by atoms with van der Waals surface area (Å²) in [6.07, 6.45) is 4.73. The molecule has 0 N–H and O–H groups in total. The maximum atomic E-state index is 13.4. The summed E-state index contributed by atoms with van der Waals surface area (Å²) in [7, 11) is 0. The van der Waals surface area contributed by atoms with E-state index in [4.69, 9.17) is 4.52 Å². The van der Waals surface area contributed by atoms with Crippen molar-refractivity contribution < 1.29 is 22.7 Å². The van der Waals surface area contributed by atoms with Crippen molar-refractivity contribution >= 4 is 5.91 Å². The van der Waals surface area contributed by atoms with Crippen LogP contribution in [-0.4, -0.2) is 50.3 Å². The lowest BCUT2D eigenvalue weighted by atomic mass is 9.57. The number of amides is 1. The number of carbonyl (C=O) groups excluding carboxylic acids is 1. The summed E-state index contributed by atoms with van der Waals surface area (Å²) in [5.41, 5.74) is 1.49. The van der Waals surface area contributed by atoms with E-state index < -0.39 is 5.92 Å². The van der Waals surface area contributed by atoms with E-state index in [2.05, 4.69) is 25.1 Å². The molecule has 0 aromatic carbocycles. The SMILES string of the molecule is Cc1nonc1CC(=O)N1CCC2(CC1)CC(c1nc(C3CCC(F)(F)CC3)no1)C2. The fraction of sp³-hybridized carbons (Fsp3) is 0.762. The van der Waals surface area contributed by atoms with E-state index in [0.717, 1.165) is 38.8 Å². The van der Waals surface area contributed by atoms with E-state index in [1.54, 1.807) is 6.92 Å². The zero-order valence-corrected chi connectivity index (χ0v) is 17.6. The van der Waals surface area contributed by atoms with Crippen LogP contribution >= 0.6 is 0 Å². The zero-order chi connectivity index (χ0) is 21.6. The van der Waals surface area contributed by atoms with Gasteiger partial charge in [0.2, 0.25) is 17.7 Å². The van der Waals surface area contributed by atoms with Crippen molar-refractivity contribution in [3.63, 3.8) is 0 Å². The van der Waals surface area contributed by atoms with Crippen molar-refractivity contribution in [2.45, 2.75) is 82.5 Å². The summed E-state index contributed by atoms with van der Waals surface area (Å²) in [6.45, 7) is 3.26. The third-order valence-corrected chi connectivity index (χ3v) is 7.49. The summed E-state index contributed by atoms with van der Waals surface area (Å²) < 4.78 is 36.9.